The molecule has 28 heavy (non-hydrogen) atoms. The summed E-state index contributed by atoms with van der Waals surface area (Å²) in [4.78, 5) is 19.1. The smallest absolute Gasteiger partial charge is 0.232 e. The first-order chi connectivity index (χ1) is 13.4. The van der Waals surface area contributed by atoms with Crippen LogP contribution in [0, 0.1) is 6.92 Å². The number of aryl methyl sites for hydroxylation is 2. The van der Waals surface area contributed by atoms with Crippen molar-refractivity contribution < 1.29 is 4.52 Å². The fraction of sp³-hybridized carbons (Fsp3) is 0.714. The number of rotatable bonds is 3. The van der Waals surface area contributed by atoms with Crippen molar-refractivity contribution in [2.24, 2.45) is 0 Å². The van der Waals surface area contributed by atoms with Crippen molar-refractivity contribution in [3.8, 4) is 0 Å². The first-order valence-electron chi connectivity index (χ1n) is 10.6. The van der Waals surface area contributed by atoms with Crippen LogP contribution >= 0.6 is 0 Å². The van der Waals surface area contributed by atoms with E-state index in [9.17, 15) is 0 Å². The van der Waals surface area contributed by atoms with E-state index in [1.807, 2.05) is 6.92 Å². The Labute approximate surface area is 167 Å². The summed E-state index contributed by atoms with van der Waals surface area (Å²) in [6.45, 7) is 13.1. The van der Waals surface area contributed by atoms with Crippen molar-refractivity contribution in [3.63, 3.8) is 0 Å². The molecule has 0 unspecified atom stereocenters. The number of nitrogens with zero attached hydrogens (tertiary/aromatic N) is 6. The highest BCUT2D eigenvalue weighted by Crippen LogP contribution is 2.29. The molecule has 4 rings (SSSR count). The maximum Gasteiger partial charge on any atom is 0.232 e. The predicted molar refractivity (Wildman–Crippen MR) is 109 cm³/mol. The molecule has 2 aromatic rings. The summed E-state index contributed by atoms with van der Waals surface area (Å²) in [7, 11) is 0. The van der Waals surface area contributed by atoms with E-state index in [2.05, 4.69) is 40.7 Å². The van der Waals surface area contributed by atoms with Gasteiger partial charge in [0.05, 0.1) is 6.54 Å². The molecular weight excluding hydrogens is 352 g/mol. The largest absolute Gasteiger partial charge is 0.355 e. The van der Waals surface area contributed by atoms with Crippen LogP contribution in [0.4, 0.5) is 5.82 Å². The number of hydrogen-bond donors (Lipinski definition) is 0. The van der Waals surface area contributed by atoms with Gasteiger partial charge in [0, 0.05) is 42.9 Å². The first kappa shape index (κ1) is 19.3. The fourth-order valence-corrected chi connectivity index (χ4v) is 4.12. The quantitative estimate of drug-likeness (QED) is 0.805. The van der Waals surface area contributed by atoms with Crippen LogP contribution in [0.3, 0.4) is 0 Å². The highest BCUT2D eigenvalue weighted by molar-refractivity contribution is 5.50. The normalized spacial score (nSPS) is 18.8. The van der Waals surface area contributed by atoms with Crippen molar-refractivity contribution in [3.05, 3.63) is 28.8 Å². The monoisotopic (exact) mass is 384 g/mol. The SMILES string of the molecule is Cc1nc2c(c(N3CCCN(Cc4noc(C(C)(C)C)n4)CC3)n1)CCCC2. The maximum absolute atomic E-state index is 5.45. The van der Waals surface area contributed by atoms with E-state index >= 15 is 0 Å². The minimum Gasteiger partial charge on any atom is -0.355 e. The van der Waals surface area contributed by atoms with Crippen molar-refractivity contribution >= 4 is 5.82 Å². The summed E-state index contributed by atoms with van der Waals surface area (Å²) in [6, 6.07) is 0. The highest BCUT2D eigenvalue weighted by Gasteiger charge is 2.25. The molecule has 7 nitrogen and oxygen atoms in total. The molecular formula is C21H32N6O. The summed E-state index contributed by atoms with van der Waals surface area (Å²) in [5.74, 6) is 3.58. The Bertz CT molecular complexity index is 825. The van der Waals surface area contributed by atoms with Gasteiger partial charge in [-0.05, 0) is 39.0 Å². The van der Waals surface area contributed by atoms with Crippen LogP contribution in [-0.4, -0.2) is 51.2 Å². The lowest BCUT2D eigenvalue weighted by atomic mass is 9.96. The van der Waals surface area contributed by atoms with E-state index in [1.165, 1.54) is 29.9 Å². The summed E-state index contributed by atoms with van der Waals surface area (Å²) in [5, 5.41) is 4.19. The van der Waals surface area contributed by atoms with E-state index in [-0.39, 0.29) is 5.41 Å². The van der Waals surface area contributed by atoms with E-state index in [0.717, 1.165) is 63.6 Å². The molecule has 0 N–H and O–H groups in total. The van der Waals surface area contributed by atoms with E-state index < -0.39 is 0 Å². The average Bonchev–Trinajstić information content (AvgIpc) is 3.00. The second-order valence-corrected chi connectivity index (χ2v) is 9.11. The third kappa shape index (κ3) is 4.19. The van der Waals surface area contributed by atoms with Crippen LogP contribution in [-0.2, 0) is 24.8 Å². The van der Waals surface area contributed by atoms with Gasteiger partial charge in [-0.1, -0.05) is 25.9 Å². The third-order valence-corrected chi connectivity index (χ3v) is 5.64. The number of anilines is 1. The van der Waals surface area contributed by atoms with Crippen molar-refractivity contribution in [2.75, 3.05) is 31.1 Å². The van der Waals surface area contributed by atoms with Crippen molar-refractivity contribution in [1.82, 2.24) is 25.0 Å². The Hall–Kier alpha value is -2.02. The molecule has 0 radical (unpaired) electrons. The molecule has 0 aromatic carbocycles. The zero-order valence-corrected chi connectivity index (χ0v) is 17.7. The molecule has 152 valence electrons. The van der Waals surface area contributed by atoms with Gasteiger partial charge in [0.25, 0.3) is 0 Å². The van der Waals surface area contributed by atoms with Gasteiger partial charge in [0.1, 0.15) is 11.6 Å². The molecule has 7 heteroatoms. The lowest BCUT2D eigenvalue weighted by Crippen LogP contribution is -2.32. The lowest BCUT2D eigenvalue weighted by Gasteiger charge is -2.27. The minimum absolute atomic E-state index is 0.106. The first-order valence-corrected chi connectivity index (χ1v) is 10.6. The van der Waals surface area contributed by atoms with Crippen molar-refractivity contribution in [2.45, 2.75) is 71.8 Å². The van der Waals surface area contributed by atoms with Crippen LogP contribution in [0.15, 0.2) is 4.52 Å². The number of aromatic nitrogens is 4. The number of fused-ring (bicyclic) bond motifs is 1. The molecule has 3 heterocycles. The molecule has 0 spiro atoms. The Balaban J connectivity index is 1.45. The summed E-state index contributed by atoms with van der Waals surface area (Å²) < 4.78 is 5.45. The van der Waals surface area contributed by atoms with Crippen LogP contribution in [0.2, 0.25) is 0 Å². The fourth-order valence-electron chi connectivity index (χ4n) is 4.12. The standard InChI is InChI=1S/C21H32N6O/c1-15-22-17-9-6-5-8-16(17)19(23-15)27-11-7-10-26(12-13-27)14-18-24-20(28-25-18)21(2,3)4/h5-14H2,1-4H3. The second kappa shape index (κ2) is 7.78. The van der Waals surface area contributed by atoms with Gasteiger partial charge in [-0.3, -0.25) is 4.90 Å². The van der Waals surface area contributed by atoms with Crippen LogP contribution in [0.1, 0.15) is 68.8 Å². The molecule has 2 aromatic heterocycles. The zero-order chi connectivity index (χ0) is 19.7. The average molecular weight is 385 g/mol. The van der Waals surface area contributed by atoms with Gasteiger partial charge in [0.15, 0.2) is 5.82 Å². The third-order valence-electron chi connectivity index (χ3n) is 5.64. The molecule has 1 saturated heterocycles. The molecule has 0 bridgehead atoms. The predicted octanol–water partition coefficient (Wildman–Crippen LogP) is 3.06. The maximum atomic E-state index is 5.45. The molecule has 0 saturated carbocycles. The molecule has 0 atom stereocenters. The Kier molecular flexibility index (Phi) is 5.36. The Morgan fingerprint density at radius 1 is 0.929 bits per heavy atom. The van der Waals surface area contributed by atoms with Gasteiger partial charge >= 0.3 is 0 Å². The van der Waals surface area contributed by atoms with Gasteiger partial charge < -0.3 is 9.42 Å². The van der Waals surface area contributed by atoms with Crippen LogP contribution < -0.4 is 4.90 Å². The Morgan fingerprint density at radius 2 is 1.75 bits per heavy atom. The summed E-state index contributed by atoms with van der Waals surface area (Å²) >= 11 is 0. The second-order valence-electron chi connectivity index (χ2n) is 9.11. The van der Waals surface area contributed by atoms with E-state index in [0.29, 0.717) is 5.89 Å². The summed E-state index contributed by atoms with van der Waals surface area (Å²) in [6.07, 6.45) is 5.82. The van der Waals surface area contributed by atoms with Gasteiger partial charge in [-0.2, -0.15) is 4.98 Å². The van der Waals surface area contributed by atoms with Crippen LogP contribution in [0.25, 0.3) is 0 Å². The number of hydrogen-bond acceptors (Lipinski definition) is 7. The van der Waals surface area contributed by atoms with Crippen LogP contribution in [0.5, 0.6) is 0 Å². The topological polar surface area (TPSA) is 71.2 Å². The molecule has 1 fully saturated rings. The zero-order valence-electron chi connectivity index (χ0n) is 17.7. The van der Waals surface area contributed by atoms with Gasteiger partial charge in [-0.25, -0.2) is 9.97 Å². The molecule has 2 aliphatic rings. The minimum atomic E-state index is -0.106. The highest BCUT2D eigenvalue weighted by atomic mass is 16.5. The molecule has 1 aliphatic heterocycles. The lowest BCUT2D eigenvalue weighted by molar-refractivity contribution is 0.269. The van der Waals surface area contributed by atoms with Gasteiger partial charge in [-0.15, -0.1) is 0 Å². The van der Waals surface area contributed by atoms with Crippen molar-refractivity contribution in [1.29, 1.82) is 0 Å². The summed E-state index contributed by atoms with van der Waals surface area (Å²) in [5.41, 5.74) is 2.56. The van der Waals surface area contributed by atoms with Gasteiger partial charge in [0.2, 0.25) is 5.89 Å². The molecule has 0 amide bonds. The molecule has 1 aliphatic carbocycles. The van der Waals surface area contributed by atoms with E-state index in [1.54, 1.807) is 0 Å². The Morgan fingerprint density at radius 3 is 2.54 bits per heavy atom. The van der Waals surface area contributed by atoms with E-state index in [4.69, 9.17) is 14.5 Å².